The summed E-state index contributed by atoms with van der Waals surface area (Å²) in [5, 5.41) is 0. The highest BCUT2D eigenvalue weighted by atomic mass is 16.5. The van der Waals surface area contributed by atoms with Crippen LogP contribution >= 0.6 is 0 Å². The molecule has 0 aliphatic carbocycles. The first kappa shape index (κ1) is 15.4. The Labute approximate surface area is 125 Å². The molecular weight excluding hydrogens is 268 g/mol. The van der Waals surface area contributed by atoms with Gasteiger partial charge in [0.25, 0.3) is 11.8 Å². The molecule has 1 aliphatic rings. The first-order valence-corrected chi connectivity index (χ1v) is 7.29. The molecule has 0 N–H and O–H groups in total. The molecule has 5 heteroatoms. The van der Waals surface area contributed by atoms with Crippen LogP contribution in [0.3, 0.4) is 0 Å². The minimum Gasteiger partial charge on any atom is -0.479 e. The Hall–Kier alpha value is -2.04. The van der Waals surface area contributed by atoms with E-state index < -0.39 is 6.10 Å². The average Bonchev–Trinajstić information content (AvgIpc) is 2.49. The van der Waals surface area contributed by atoms with E-state index in [1.54, 1.807) is 49.0 Å². The van der Waals surface area contributed by atoms with Crippen LogP contribution in [0.2, 0.25) is 0 Å². The molecule has 5 nitrogen and oxygen atoms in total. The van der Waals surface area contributed by atoms with Crippen molar-refractivity contribution in [1.29, 1.82) is 0 Å². The van der Waals surface area contributed by atoms with E-state index in [1.165, 1.54) is 0 Å². The summed E-state index contributed by atoms with van der Waals surface area (Å²) in [6.07, 6.45) is 1.51. The number of rotatable bonds is 4. The number of benzene rings is 1. The third-order valence-corrected chi connectivity index (χ3v) is 3.74. The van der Waals surface area contributed by atoms with Crippen molar-refractivity contribution >= 4 is 17.5 Å². The van der Waals surface area contributed by atoms with Crippen molar-refractivity contribution in [1.82, 2.24) is 4.90 Å². The minimum absolute atomic E-state index is 0.0259. The number of hydrogen-bond donors (Lipinski definition) is 0. The molecule has 114 valence electrons. The van der Waals surface area contributed by atoms with Gasteiger partial charge in [0.1, 0.15) is 5.75 Å². The smallest absolute Gasteiger partial charge is 0.267 e. The lowest BCUT2D eigenvalue weighted by atomic mass is 10.1. The van der Waals surface area contributed by atoms with Gasteiger partial charge in [0, 0.05) is 26.2 Å². The second-order valence-electron chi connectivity index (χ2n) is 5.42. The van der Waals surface area contributed by atoms with Crippen LogP contribution in [0.1, 0.15) is 37.0 Å². The summed E-state index contributed by atoms with van der Waals surface area (Å²) in [6.45, 7) is 4.55. The van der Waals surface area contributed by atoms with E-state index >= 15 is 0 Å². The van der Waals surface area contributed by atoms with Crippen molar-refractivity contribution < 1.29 is 14.3 Å². The zero-order valence-corrected chi connectivity index (χ0v) is 13.0. The zero-order valence-electron chi connectivity index (χ0n) is 13.0. The number of hydrogen-bond acceptors (Lipinski definition) is 3. The normalized spacial score (nSPS) is 17.2. The molecule has 1 aromatic rings. The van der Waals surface area contributed by atoms with Crippen LogP contribution in [-0.4, -0.2) is 43.5 Å². The van der Waals surface area contributed by atoms with Gasteiger partial charge in [-0.3, -0.25) is 9.59 Å². The Morgan fingerprint density at radius 1 is 1.43 bits per heavy atom. The van der Waals surface area contributed by atoms with Crippen molar-refractivity contribution in [3.05, 3.63) is 23.8 Å². The molecule has 1 unspecified atom stereocenters. The Morgan fingerprint density at radius 2 is 2.14 bits per heavy atom. The molecule has 21 heavy (non-hydrogen) atoms. The van der Waals surface area contributed by atoms with Gasteiger partial charge in [-0.2, -0.15) is 0 Å². The predicted octanol–water partition coefficient (Wildman–Crippen LogP) is 2.30. The first-order valence-electron chi connectivity index (χ1n) is 7.29. The lowest BCUT2D eigenvalue weighted by Crippen LogP contribution is -2.42. The van der Waals surface area contributed by atoms with Gasteiger partial charge in [0.15, 0.2) is 6.10 Å². The van der Waals surface area contributed by atoms with Crippen LogP contribution < -0.4 is 9.64 Å². The molecule has 1 aromatic carbocycles. The third kappa shape index (κ3) is 3.01. The monoisotopic (exact) mass is 290 g/mol. The molecule has 1 atom stereocenters. The van der Waals surface area contributed by atoms with E-state index in [1.807, 2.05) is 0 Å². The van der Waals surface area contributed by atoms with E-state index in [-0.39, 0.29) is 11.8 Å². The van der Waals surface area contributed by atoms with Crippen molar-refractivity contribution in [3.8, 4) is 5.75 Å². The van der Waals surface area contributed by atoms with Gasteiger partial charge in [0.2, 0.25) is 0 Å². The molecule has 0 spiro atoms. The predicted molar refractivity (Wildman–Crippen MR) is 81.8 cm³/mol. The zero-order chi connectivity index (χ0) is 15.6. The molecule has 0 saturated carbocycles. The van der Waals surface area contributed by atoms with Crippen LogP contribution in [0.4, 0.5) is 5.69 Å². The highest BCUT2D eigenvalue weighted by molar-refractivity contribution is 6.01. The number of fused-ring (bicyclic) bond motifs is 1. The van der Waals surface area contributed by atoms with E-state index in [0.29, 0.717) is 17.0 Å². The van der Waals surface area contributed by atoms with E-state index in [0.717, 1.165) is 19.4 Å². The van der Waals surface area contributed by atoms with Gasteiger partial charge in [-0.25, -0.2) is 0 Å². The van der Waals surface area contributed by atoms with Gasteiger partial charge < -0.3 is 14.5 Å². The van der Waals surface area contributed by atoms with Crippen LogP contribution in [0.15, 0.2) is 18.2 Å². The van der Waals surface area contributed by atoms with Crippen LogP contribution in [-0.2, 0) is 4.79 Å². The Balaban J connectivity index is 2.23. The maximum absolute atomic E-state index is 12.4. The van der Waals surface area contributed by atoms with Gasteiger partial charge in [-0.1, -0.05) is 13.3 Å². The fourth-order valence-electron chi connectivity index (χ4n) is 2.37. The van der Waals surface area contributed by atoms with Crippen molar-refractivity contribution in [2.45, 2.75) is 32.8 Å². The lowest BCUT2D eigenvalue weighted by Gasteiger charge is -2.30. The lowest BCUT2D eigenvalue weighted by molar-refractivity contribution is -0.125. The van der Waals surface area contributed by atoms with Crippen molar-refractivity contribution in [2.75, 3.05) is 25.5 Å². The molecule has 2 amide bonds. The van der Waals surface area contributed by atoms with Crippen molar-refractivity contribution in [3.63, 3.8) is 0 Å². The summed E-state index contributed by atoms with van der Waals surface area (Å²) in [6, 6.07) is 5.23. The molecule has 0 bridgehead atoms. The van der Waals surface area contributed by atoms with Gasteiger partial charge in [0.05, 0.1) is 5.69 Å². The molecule has 1 heterocycles. The van der Waals surface area contributed by atoms with Crippen molar-refractivity contribution in [2.24, 2.45) is 0 Å². The number of ether oxygens (including phenoxy) is 1. The highest BCUT2D eigenvalue weighted by Crippen LogP contribution is 2.34. The number of amides is 2. The quantitative estimate of drug-likeness (QED) is 0.855. The third-order valence-electron chi connectivity index (χ3n) is 3.74. The molecule has 0 saturated heterocycles. The average molecular weight is 290 g/mol. The molecular formula is C16H22N2O3. The minimum atomic E-state index is -0.523. The summed E-state index contributed by atoms with van der Waals surface area (Å²) in [4.78, 5) is 27.5. The Morgan fingerprint density at radius 3 is 2.81 bits per heavy atom. The second kappa shape index (κ2) is 6.16. The maximum Gasteiger partial charge on any atom is 0.267 e. The van der Waals surface area contributed by atoms with E-state index in [4.69, 9.17) is 4.74 Å². The number of anilines is 1. The van der Waals surface area contributed by atoms with Crippen LogP contribution in [0, 0.1) is 0 Å². The summed E-state index contributed by atoms with van der Waals surface area (Å²) < 4.78 is 5.60. The molecule has 2 rings (SSSR count). The molecule has 0 fully saturated rings. The number of unbranched alkanes of at least 4 members (excludes halogenated alkanes) is 1. The van der Waals surface area contributed by atoms with Gasteiger partial charge >= 0.3 is 0 Å². The highest BCUT2D eigenvalue weighted by Gasteiger charge is 2.29. The molecule has 1 aliphatic heterocycles. The SMILES string of the molecule is CCCCN(C)C(=O)c1ccc2c(c1)OC(C)C(=O)N2C. The van der Waals surface area contributed by atoms with E-state index in [2.05, 4.69) is 6.92 Å². The molecule has 0 radical (unpaired) electrons. The van der Waals surface area contributed by atoms with Crippen LogP contribution in [0.25, 0.3) is 0 Å². The fraction of sp³-hybridized carbons (Fsp3) is 0.500. The summed E-state index contributed by atoms with van der Waals surface area (Å²) in [7, 11) is 3.52. The summed E-state index contributed by atoms with van der Waals surface area (Å²) in [5.74, 6) is 0.475. The van der Waals surface area contributed by atoms with E-state index in [9.17, 15) is 9.59 Å². The fourth-order valence-corrected chi connectivity index (χ4v) is 2.37. The van der Waals surface area contributed by atoms with Gasteiger partial charge in [-0.15, -0.1) is 0 Å². The topological polar surface area (TPSA) is 49.9 Å². The van der Waals surface area contributed by atoms with Gasteiger partial charge in [-0.05, 0) is 31.5 Å². The number of carbonyl (C=O) groups is 2. The standard InChI is InChI=1S/C16H22N2O3/c1-5-6-9-17(3)16(20)12-7-8-13-14(10-12)21-11(2)15(19)18(13)4/h7-8,10-11H,5-6,9H2,1-4H3. The second-order valence-corrected chi connectivity index (χ2v) is 5.42. The Bertz CT molecular complexity index is 556. The van der Waals surface area contributed by atoms with Crippen LogP contribution in [0.5, 0.6) is 5.75 Å². The summed E-state index contributed by atoms with van der Waals surface area (Å²) >= 11 is 0. The number of likely N-dealkylation sites (N-methyl/N-ethyl adjacent to an activating group) is 1. The number of carbonyl (C=O) groups excluding carboxylic acids is 2. The molecule has 0 aromatic heterocycles. The summed E-state index contributed by atoms with van der Waals surface area (Å²) in [5.41, 5.74) is 1.29. The maximum atomic E-state index is 12.4. The Kier molecular flexibility index (Phi) is 4.50. The first-order chi connectivity index (χ1) is 9.95. The number of nitrogens with zero attached hydrogens (tertiary/aromatic N) is 2. The largest absolute Gasteiger partial charge is 0.479 e.